The molecule has 2 aromatic heterocycles. The monoisotopic (exact) mass is 479 g/mol. The molecule has 0 unspecified atom stereocenters. The maximum absolute atomic E-state index is 13.1. The molecule has 3 aromatic rings. The molecule has 0 bridgehead atoms. The smallest absolute Gasteiger partial charge is 0.272 e. The second-order valence-corrected chi connectivity index (χ2v) is 7.74. The van der Waals surface area contributed by atoms with Crippen molar-refractivity contribution < 1.29 is 14.4 Å². The van der Waals surface area contributed by atoms with Gasteiger partial charge in [0.15, 0.2) is 5.82 Å². The van der Waals surface area contributed by atoms with Gasteiger partial charge in [-0.25, -0.2) is 4.98 Å². The van der Waals surface area contributed by atoms with Gasteiger partial charge in [-0.3, -0.25) is 29.8 Å². The fraction of sp³-hybridized carbons (Fsp3) is 0.100. The van der Waals surface area contributed by atoms with Gasteiger partial charge in [0.25, 0.3) is 11.8 Å². The van der Waals surface area contributed by atoms with Gasteiger partial charge in [-0.2, -0.15) is 0 Å². The quantitative estimate of drug-likeness (QED) is 0.487. The Kier molecular flexibility index (Phi) is 6.84. The standard InChI is InChI=1S/C20H16Cl3N5O3/c1-10-6-12(21)7-14(19(30)27-26-11(2)29)17(10)25-20(31)16-8-13(22)9-28(16)18-15(23)4-3-5-24-18/h3-9H,1-2H3,(H,25,31)(H,26,29)(H,27,30). The van der Waals surface area contributed by atoms with Crippen molar-refractivity contribution in [2.24, 2.45) is 0 Å². The lowest BCUT2D eigenvalue weighted by molar-refractivity contribution is -0.119. The second kappa shape index (κ2) is 9.38. The van der Waals surface area contributed by atoms with Crippen LogP contribution in [0.15, 0.2) is 42.7 Å². The highest BCUT2D eigenvalue weighted by Crippen LogP contribution is 2.28. The molecule has 1 aromatic carbocycles. The highest BCUT2D eigenvalue weighted by atomic mass is 35.5. The summed E-state index contributed by atoms with van der Waals surface area (Å²) in [5.41, 5.74) is 5.41. The molecule has 0 saturated heterocycles. The normalized spacial score (nSPS) is 10.5. The summed E-state index contributed by atoms with van der Waals surface area (Å²) in [4.78, 5) is 41.0. The summed E-state index contributed by atoms with van der Waals surface area (Å²) in [5, 5.41) is 3.62. The molecule has 2 heterocycles. The molecule has 0 aliphatic carbocycles. The topological polar surface area (TPSA) is 105 Å². The number of hydrogen-bond acceptors (Lipinski definition) is 4. The van der Waals surface area contributed by atoms with E-state index >= 15 is 0 Å². The number of nitrogens with zero attached hydrogens (tertiary/aromatic N) is 2. The molecule has 31 heavy (non-hydrogen) atoms. The summed E-state index contributed by atoms with van der Waals surface area (Å²) in [6, 6.07) is 7.71. The van der Waals surface area contributed by atoms with Crippen LogP contribution in [0.4, 0.5) is 5.69 Å². The van der Waals surface area contributed by atoms with E-state index in [-0.39, 0.29) is 22.0 Å². The van der Waals surface area contributed by atoms with Crippen LogP contribution in [0.3, 0.4) is 0 Å². The van der Waals surface area contributed by atoms with Crippen LogP contribution in [0, 0.1) is 6.92 Å². The number of aryl methyl sites for hydroxylation is 1. The Morgan fingerprint density at radius 1 is 1.00 bits per heavy atom. The molecule has 0 spiro atoms. The van der Waals surface area contributed by atoms with Crippen LogP contribution >= 0.6 is 34.8 Å². The van der Waals surface area contributed by atoms with Gasteiger partial charge < -0.3 is 5.32 Å². The number of carbonyl (C=O) groups excluding carboxylic acids is 3. The molecule has 0 aliphatic rings. The molecule has 3 N–H and O–H groups in total. The van der Waals surface area contributed by atoms with Gasteiger partial charge in [0.2, 0.25) is 5.91 Å². The number of anilines is 1. The minimum absolute atomic E-state index is 0.0622. The van der Waals surface area contributed by atoms with Crippen LogP contribution in [-0.2, 0) is 4.79 Å². The summed E-state index contributed by atoms with van der Waals surface area (Å²) >= 11 is 18.4. The van der Waals surface area contributed by atoms with Crippen LogP contribution in [0.2, 0.25) is 15.1 Å². The lowest BCUT2D eigenvalue weighted by atomic mass is 10.1. The van der Waals surface area contributed by atoms with Crippen LogP contribution in [0.5, 0.6) is 0 Å². The minimum atomic E-state index is -0.655. The minimum Gasteiger partial charge on any atom is -0.320 e. The third kappa shape index (κ3) is 5.16. The zero-order valence-electron chi connectivity index (χ0n) is 16.3. The van der Waals surface area contributed by atoms with E-state index < -0.39 is 17.7 Å². The SMILES string of the molecule is CC(=O)NNC(=O)c1cc(Cl)cc(C)c1NC(=O)c1cc(Cl)cn1-c1ncccc1Cl. The van der Waals surface area contributed by atoms with E-state index in [9.17, 15) is 14.4 Å². The Morgan fingerprint density at radius 2 is 1.74 bits per heavy atom. The number of hydrogen-bond donors (Lipinski definition) is 3. The average molecular weight is 481 g/mol. The molecule has 160 valence electrons. The lowest BCUT2D eigenvalue weighted by Crippen LogP contribution is -2.40. The Bertz CT molecular complexity index is 1190. The number of pyridine rings is 1. The van der Waals surface area contributed by atoms with Gasteiger partial charge in [-0.1, -0.05) is 34.8 Å². The summed E-state index contributed by atoms with van der Waals surface area (Å²) in [6.07, 6.45) is 3.04. The molecule has 3 amide bonds. The Morgan fingerprint density at radius 3 is 2.42 bits per heavy atom. The molecule has 3 rings (SSSR count). The van der Waals surface area contributed by atoms with E-state index in [0.29, 0.717) is 21.4 Å². The summed E-state index contributed by atoms with van der Waals surface area (Å²) in [5.74, 6) is -1.36. The van der Waals surface area contributed by atoms with Gasteiger partial charge >= 0.3 is 0 Å². The van der Waals surface area contributed by atoms with Crippen LogP contribution < -0.4 is 16.2 Å². The van der Waals surface area contributed by atoms with Crippen molar-refractivity contribution in [2.75, 3.05) is 5.32 Å². The summed E-state index contributed by atoms with van der Waals surface area (Å²) in [6.45, 7) is 2.92. The van der Waals surface area contributed by atoms with Crippen molar-refractivity contribution in [2.45, 2.75) is 13.8 Å². The van der Waals surface area contributed by atoms with E-state index in [1.807, 2.05) is 0 Å². The van der Waals surface area contributed by atoms with E-state index in [1.54, 1.807) is 25.1 Å². The van der Waals surface area contributed by atoms with Crippen molar-refractivity contribution in [3.05, 3.63) is 74.6 Å². The van der Waals surface area contributed by atoms with E-state index in [1.165, 1.54) is 36.0 Å². The van der Waals surface area contributed by atoms with Gasteiger partial charge in [-0.15, -0.1) is 0 Å². The first-order valence-electron chi connectivity index (χ1n) is 8.84. The maximum atomic E-state index is 13.1. The molecule has 0 fully saturated rings. The van der Waals surface area contributed by atoms with Gasteiger partial charge in [0.05, 0.1) is 21.3 Å². The molecule has 0 atom stereocenters. The predicted octanol–water partition coefficient (Wildman–Crippen LogP) is 4.17. The van der Waals surface area contributed by atoms with Crippen LogP contribution in [-0.4, -0.2) is 27.3 Å². The lowest BCUT2D eigenvalue weighted by Gasteiger charge is -2.16. The summed E-state index contributed by atoms with van der Waals surface area (Å²) < 4.78 is 1.45. The Balaban J connectivity index is 1.99. The number of benzene rings is 1. The number of amides is 3. The van der Waals surface area contributed by atoms with Gasteiger partial charge in [0, 0.05) is 24.3 Å². The van der Waals surface area contributed by atoms with Crippen molar-refractivity contribution in [1.29, 1.82) is 0 Å². The first-order valence-corrected chi connectivity index (χ1v) is 9.98. The molecular weight excluding hydrogens is 465 g/mol. The van der Waals surface area contributed by atoms with Crippen molar-refractivity contribution in [3.8, 4) is 5.82 Å². The van der Waals surface area contributed by atoms with Gasteiger partial charge in [-0.05, 0) is 42.8 Å². The number of nitrogens with one attached hydrogen (secondary N) is 3. The first kappa shape index (κ1) is 22.6. The van der Waals surface area contributed by atoms with E-state index in [2.05, 4.69) is 21.2 Å². The molecule has 11 heteroatoms. The van der Waals surface area contributed by atoms with Crippen molar-refractivity contribution >= 4 is 58.2 Å². The van der Waals surface area contributed by atoms with Crippen molar-refractivity contribution in [1.82, 2.24) is 20.4 Å². The van der Waals surface area contributed by atoms with E-state index in [0.717, 1.165) is 0 Å². The zero-order chi connectivity index (χ0) is 22.7. The number of halogens is 3. The van der Waals surface area contributed by atoms with Crippen molar-refractivity contribution in [3.63, 3.8) is 0 Å². The molecule has 0 radical (unpaired) electrons. The Labute approximate surface area is 192 Å². The number of hydrazine groups is 1. The first-order chi connectivity index (χ1) is 14.7. The third-order valence-corrected chi connectivity index (χ3v) is 4.84. The highest BCUT2D eigenvalue weighted by Gasteiger charge is 2.21. The molecule has 8 nitrogen and oxygen atoms in total. The largest absolute Gasteiger partial charge is 0.320 e. The Hall–Kier alpha value is -3.07. The van der Waals surface area contributed by atoms with Crippen LogP contribution in [0.1, 0.15) is 33.3 Å². The van der Waals surface area contributed by atoms with E-state index in [4.69, 9.17) is 34.8 Å². The summed E-state index contributed by atoms with van der Waals surface area (Å²) in [7, 11) is 0. The molecule has 0 saturated carbocycles. The maximum Gasteiger partial charge on any atom is 0.272 e. The fourth-order valence-electron chi connectivity index (χ4n) is 2.81. The fourth-order valence-corrected chi connectivity index (χ4v) is 3.50. The highest BCUT2D eigenvalue weighted by molar-refractivity contribution is 6.33. The van der Waals surface area contributed by atoms with Gasteiger partial charge in [0.1, 0.15) is 5.69 Å². The zero-order valence-corrected chi connectivity index (χ0v) is 18.6. The predicted molar refractivity (Wildman–Crippen MR) is 119 cm³/mol. The van der Waals surface area contributed by atoms with Crippen LogP contribution in [0.25, 0.3) is 5.82 Å². The molecule has 0 aliphatic heterocycles. The number of aromatic nitrogens is 2. The molecular formula is C20H16Cl3N5O3. The second-order valence-electron chi connectivity index (χ2n) is 6.46. The number of carbonyl (C=O) groups is 3. The third-order valence-electron chi connectivity index (χ3n) is 4.12. The average Bonchev–Trinajstić information content (AvgIpc) is 3.09. The number of rotatable bonds is 4.